The van der Waals surface area contributed by atoms with E-state index in [-0.39, 0.29) is 0 Å². The SMILES string of the molecule is N#Cc1ccc(-c2nc3ccccc3nc2-c2cccc3c(-c4nc(-c5ccccc5)cc(-c5ccccc5)n4)cccc23)cc1. The molecule has 0 saturated carbocycles. The fourth-order valence-corrected chi connectivity index (χ4v) is 5.88. The fraction of sp³-hybridized carbons (Fsp3) is 0. The summed E-state index contributed by atoms with van der Waals surface area (Å²) in [7, 11) is 0. The van der Waals surface area contributed by atoms with Gasteiger partial charge in [-0.05, 0) is 41.1 Å². The minimum Gasteiger partial charge on any atom is -0.244 e. The molecule has 2 aromatic heterocycles. The van der Waals surface area contributed by atoms with Crippen LogP contribution in [0.15, 0.2) is 152 Å². The third-order valence-corrected chi connectivity index (χ3v) is 8.14. The third kappa shape index (κ3) is 4.94. The lowest BCUT2D eigenvalue weighted by molar-refractivity contribution is 1.19. The zero-order chi connectivity index (χ0) is 30.9. The van der Waals surface area contributed by atoms with Gasteiger partial charge in [0, 0.05) is 27.8 Å². The molecule has 0 fully saturated rings. The van der Waals surface area contributed by atoms with Gasteiger partial charge in [0.2, 0.25) is 0 Å². The summed E-state index contributed by atoms with van der Waals surface area (Å²) in [5, 5.41) is 11.4. The summed E-state index contributed by atoms with van der Waals surface area (Å²) in [4.78, 5) is 20.5. The van der Waals surface area contributed by atoms with Gasteiger partial charge in [-0.2, -0.15) is 5.26 Å². The monoisotopic (exact) mass is 587 g/mol. The van der Waals surface area contributed by atoms with Crippen molar-refractivity contribution in [2.45, 2.75) is 0 Å². The predicted molar refractivity (Wildman–Crippen MR) is 185 cm³/mol. The van der Waals surface area contributed by atoms with Gasteiger partial charge in [-0.15, -0.1) is 0 Å². The lowest BCUT2D eigenvalue weighted by Crippen LogP contribution is -1.98. The van der Waals surface area contributed by atoms with Crippen LogP contribution in [0.3, 0.4) is 0 Å². The average molecular weight is 588 g/mol. The van der Waals surface area contributed by atoms with Gasteiger partial charge in [-0.25, -0.2) is 19.9 Å². The molecular weight excluding hydrogens is 562 g/mol. The van der Waals surface area contributed by atoms with Gasteiger partial charge < -0.3 is 0 Å². The smallest absolute Gasteiger partial charge is 0.161 e. The quantitative estimate of drug-likeness (QED) is 0.200. The summed E-state index contributed by atoms with van der Waals surface area (Å²) in [6.45, 7) is 0. The first kappa shape index (κ1) is 27.1. The second kappa shape index (κ2) is 11.5. The largest absolute Gasteiger partial charge is 0.244 e. The number of aromatic nitrogens is 4. The van der Waals surface area contributed by atoms with E-state index in [2.05, 4.69) is 72.8 Å². The summed E-state index contributed by atoms with van der Waals surface area (Å²) in [6, 6.07) is 52.6. The second-order valence-electron chi connectivity index (χ2n) is 11.0. The molecule has 8 rings (SSSR count). The van der Waals surface area contributed by atoms with Gasteiger partial charge in [0.05, 0.1) is 45.4 Å². The zero-order valence-electron chi connectivity index (χ0n) is 24.7. The summed E-state index contributed by atoms with van der Waals surface area (Å²) < 4.78 is 0. The van der Waals surface area contributed by atoms with E-state index in [0.717, 1.165) is 72.4 Å². The van der Waals surface area contributed by atoms with Crippen molar-refractivity contribution in [3.05, 3.63) is 157 Å². The van der Waals surface area contributed by atoms with Crippen LogP contribution in [0.4, 0.5) is 0 Å². The number of hydrogen-bond acceptors (Lipinski definition) is 5. The molecule has 5 nitrogen and oxygen atoms in total. The highest BCUT2D eigenvalue weighted by atomic mass is 14.9. The first-order valence-electron chi connectivity index (χ1n) is 15.0. The minimum atomic E-state index is 0.599. The first-order chi connectivity index (χ1) is 22.7. The Balaban J connectivity index is 1.36. The topological polar surface area (TPSA) is 75.3 Å². The number of rotatable bonds is 5. The summed E-state index contributed by atoms with van der Waals surface area (Å²) in [6.07, 6.45) is 0. The van der Waals surface area contributed by atoms with Gasteiger partial charge in [0.15, 0.2) is 5.82 Å². The molecule has 0 aliphatic heterocycles. The van der Waals surface area contributed by atoms with Gasteiger partial charge >= 0.3 is 0 Å². The normalized spacial score (nSPS) is 11.0. The van der Waals surface area contributed by atoms with Crippen molar-refractivity contribution in [1.29, 1.82) is 5.26 Å². The van der Waals surface area contributed by atoms with Crippen LogP contribution in [0.2, 0.25) is 0 Å². The van der Waals surface area contributed by atoms with Crippen LogP contribution in [-0.4, -0.2) is 19.9 Å². The molecule has 8 aromatic rings. The van der Waals surface area contributed by atoms with E-state index in [0.29, 0.717) is 11.4 Å². The van der Waals surface area contributed by atoms with Crippen LogP contribution in [0.1, 0.15) is 5.56 Å². The fourth-order valence-electron chi connectivity index (χ4n) is 5.88. The van der Waals surface area contributed by atoms with Crippen molar-refractivity contribution in [2.24, 2.45) is 0 Å². The van der Waals surface area contributed by atoms with E-state index in [4.69, 9.17) is 19.9 Å². The van der Waals surface area contributed by atoms with Crippen LogP contribution < -0.4 is 0 Å². The Morgan fingerprint density at radius 2 is 0.935 bits per heavy atom. The Hall–Kier alpha value is -6.51. The highest BCUT2D eigenvalue weighted by molar-refractivity contribution is 6.05. The van der Waals surface area contributed by atoms with Gasteiger partial charge in [0.1, 0.15) is 0 Å². The van der Waals surface area contributed by atoms with Crippen molar-refractivity contribution in [2.75, 3.05) is 0 Å². The molecule has 2 heterocycles. The molecule has 0 saturated heterocycles. The van der Waals surface area contributed by atoms with Crippen molar-refractivity contribution in [3.63, 3.8) is 0 Å². The molecule has 0 unspecified atom stereocenters. The Bertz CT molecular complexity index is 2350. The molecule has 0 atom stereocenters. The second-order valence-corrected chi connectivity index (χ2v) is 11.0. The van der Waals surface area contributed by atoms with Crippen LogP contribution in [0.5, 0.6) is 0 Å². The summed E-state index contributed by atoms with van der Waals surface area (Å²) in [5.74, 6) is 0.653. The first-order valence-corrected chi connectivity index (χ1v) is 15.0. The minimum absolute atomic E-state index is 0.599. The van der Waals surface area contributed by atoms with Crippen LogP contribution >= 0.6 is 0 Å². The van der Waals surface area contributed by atoms with E-state index in [9.17, 15) is 5.26 Å². The Morgan fingerprint density at radius 1 is 0.413 bits per heavy atom. The maximum atomic E-state index is 9.39. The molecule has 5 heteroatoms. The number of benzene rings is 6. The Kier molecular flexibility index (Phi) is 6.79. The van der Waals surface area contributed by atoms with Gasteiger partial charge in [-0.1, -0.05) is 121 Å². The van der Waals surface area contributed by atoms with Gasteiger partial charge in [0.25, 0.3) is 0 Å². The molecule has 0 aliphatic rings. The summed E-state index contributed by atoms with van der Waals surface area (Å²) in [5.41, 5.74) is 10.3. The van der Waals surface area contributed by atoms with Crippen molar-refractivity contribution < 1.29 is 0 Å². The number of nitriles is 1. The van der Waals surface area contributed by atoms with E-state index >= 15 is 0 Å². The van der Waals surface area contributed by atoms with E-state index in [1.54, 1.807) is 0 Å². The number of para-hydroxylation sites is 2. The molecule has 214 valence electrons. The lowest BCUT2D eigenvalue weighted by Gasteiger charge is -2.15. The lowest BCUT2D eigenvalue weighted by atomic mass is 9.95. The Labute approximate surface area is 266 Å². The number of nitrogens with zero attached hydrogens (tertiary/aromatic N) is 5. The van der Waals surface area contributed by atoms with E-state index in [1.165, 1.54) is 0 Å². The predicted octanol–water partition coefficient (Wildman–Crippen LogP) is 9.78. The van der Waals surface area contributed by atoms with Crippen LogP contribution in [0.25, 0.3) is 78.2 Å². The molecule has 0 radical (unpaired) electrons. The third-order valence-electron chi connectivity index (χ3n) is 8.14. The van der Waals surface area contributed by atoms with Gasteiger partial charge in [-0.3, -0.25) is 0 Å². The van der Waals surface area contributed by atoms with E-state index < -0.39 is 0 Å². The highest BCUT2D eigenvalue weighted by Gasteiger charge is 2.18. The molecular formula is C41H25N5. The molecule has 0 spiro atoms. The van der Waals surface area contributed by atoms with Crippen molar-refractivity contribution in [1.82, 2.24) is 19.9 Å². The van der Waals surface area contributed by atoms with Crippen molar-refractivity contribution >= 4 is 21.8 Å². The molecule has 0 N–H and O–H groups in total. The van der Waals surface area contributed by atoms with Crippen LogP contribution in [-0.2, 0) is 0 Å². The van der Waals surface area contributed by atoms with Crippen molar-refractivity contribution in [3.8, 4) is 62.5 Å². The maximum Gasteiger partial charge on any atom is 0.161 e. The average Bonchev–Trinajstić information content (AvgIpc) is 3.14. The van der Waals surface area contributed by atoms with E-state index in [1.807, 2.05) is 84.9 Å². The molecule has 0 aliphatic carbocycles. The molecule has 0 bridgehead atoms. The highest BCUT2D eigenvalue weighted by Crippen LogP contribution is 2.38. The number of fused-ring (bicyclic) bond motifs is 2. The molecule has 6 aromatic carbocycles. The summed E-state index contributed by atoms with van der Waals surface area (Å²) >= 11 is 0. The Morgan fingerprint density at radius 3 is 1.52 bits per heavy atom. The maximum absolute atomic E-state index is 9.39. The standard InChI is InChI=1S/C41H25N5/c42-26-27-21-23-30(24-22-27)39-40(44-36-20-8-7-19-35(36)43-39)33-17-9-16-32-31(33)15-10-18-34(32)41-45-37(28-11-3-1-4-12-28)25-38(46-41)29-13-5-2-6-14-29/h1-25H. The molecule has 46 heavy (non-hydrogen) atoms. The number of hydrogen-bond donors (Lipinski definition) is 0. The molecule has 0 amide bonds. The zero-order valence-corrected chi connectivity index (χ0v) is 24.7. The van der Waals surface area contributed by atoms with Crippen LogP contribution in [0, 0.1) is 11.3 Å².